The van der Waals surface area contributed by atoms with Crippen LogP contribution in [0.25, 0.3) is 17.0 Å². The summed E-state index contributed by atoms with van der Waals surface area (Å²) in [6.07, 6.45) is -8.19. The van der Waals surface area contributed by atoms with Gasteiger partial charge < -0.3 is 5.32 Å². The highest BCUT2D eigenvalue weighted by Crippen LogP contribution is 2.36. The van der Waals surface area contributed by atoms with Crippen LogP contribution in [0.15, 0.2) is 60.9 Å². The number of hydrogen-bond donors (Lipinski definition) is 1. The number of nitrogens with one attached hydrogen (secondary N) is 1. The third kappa shape index (κ3) is 4.85. The van der Waals surface area contributed by atoms with Gasteiger partial charge in [0, 0.05) is 12.4 Å². The second kappa shape index (κ2) is 8.43. The first kappa shape index (κ1) is 23.2. The molecule has 0 spiro atoms. The van der Waals surface area contributed by atoms with Crippen molar-refractivity contribution in [2.24, 2.45) is 0 Å². The zero-order valence-corrected chi connectivity index (χ0v) is 16.9. The van der Waals surface area contributed by atoms with Crippen LogP contribution in [-0.4, -0.2) is 20.3 Å². The molecule has 0 aliphatic rings. The Morgan fingerprint density at radius 3 is 2.24 bits per heavy atom. The van der Waals surface area contributed by atoms with Gasteiger partial charge >= 0.3 is 12.4 Å². The fourth-order valence-corrected chi connectivity index (χ4v) is 3.24. The van der Waals surface area contributed by atoms with E-state index in [9.17, 15) is 35.5 Å². The lowest BCUT2D eigenvalue weighted by Gasteiger charge is -2.11. The van der Waals surface area contributed by atoms with E-state index in [1.165, 1.54) is 12.1 Å². The molecule has 34 heavy (non-hydrogen) atoms. The minimum absolute atomic E-state index is 0.0562. The average molecular weight is 482 g/mol. The third-order valence-corrected chi connectivity index (χ3v) is 4.81. The van der Waals surface area contributed by atoms with E-state index >= 15 is 0 Å². The maximum Gasteiger partial charge on any atom is 0.417 e. The standard InChI is InChI=1S/C22H13F7N4O/c23-15-4-1-12(2-5-15)9-18(34)32-20-19(16-10-13(7-8-30-16)21(24,25)26)33-11-14(22(27,28)29)3-6-17(33)31-20/h1-8,10-11H,9H2,(H,32,34). The SMILES string of the molecule is O=C(Cc1ccc(F)cc1)Nc1nc2ccc(C(F)(F)F)cn2c1-c1cc(C(F)(F)F)ccn1. The quantitative estimate of drug-likeness (QED) is 0.377. The van der Waals surface area contributed by atoms with Crippen molar-refractivity contribution in [3.05, 3.63) is 83.4 Å². The van der Waals surface area contributed by atoms with E-state index in [0.717, 1.165) is 34.9 Å². The van der Waals surface area contributed by atoms with Crippen molar-refractivity contribution in [3.63, 3.8) is 0 Å². The minimum Gasteiger partial charge on any atom is -0.309 e. The Hall–Kier alpha value is -3.96. The Kier molecular flexibility index (Phi) is 5.75. The van der Waals surface area contributed by atoms with Gasteiger partial charge in [0.1, 0.15) is 17.2 Å². The number of carbonyl (C=O) groups excluding carboxylic acids is 1. The van der Waals surface area contributed by atoms with Crippen LogP contribution in [0.3, 0.4) is 0 Å². The van der Waals surface area contributed by atoms with Crippen LogP contribution < -0.4 is 5.32 Å². The molecule has 0 fully saturated rings. The van der Waals surface area contributed by atoms with Gasteiger partial charge in [-0.2, -0.15) is 26.3 Å². The molecule has 3 heterocycles. The number of rotatable bonds is 4. The molecule has 0 saturated heterocycles. The maximum absolute atomic E-state index is 13.3. The predicted octanol–water partition coefficient (Wildman–Crippen LogP) is 5.75. The van der Waals surface area contributed by atoms with E-state index in [1.807, 2.05) is 0 Å². The lowest BCUT2D eigenvalue weighted by Crippen LogP contribution is -2.15. The Balaban J connectivity index is 1.81. The average Bonchev–Trinajstić information content (AvgIpc) is 3.11. The molecule has 0 atom stereocenters. The molecule has 0 bridgehead atoms. The second-order valence-electron chi connectivity index (χ2n) is 7.23. The monoisotopic (exact) mass is 482 g/mol. The number of anilines is 1. The van der Waals surface area contributed by atoms with E-state index in [-0.39, 0.29) is 29.3 Å². The summed E-state index contributed by atoms with van der Waals surface area (Å²) in [5.74, 6) is -1.46. The number of fused-ring (bicyclic) bond motifs is 1. The molecule has 1 aromatic carbocycles. The van der Waals surface area contributed by atoms with E-state index in [4.69, 9.17) is 0 Å². The van der Waals surface area contributed by atoms with Gasteiger partial charge in [0.05, 0.1) is 23.2 Å². The van der Waals surface area contributed by atoms with Crippen molar-refractivity contribution < 1.29 is 35.5 Å². The van der Waals surface area contributed by atoms with Crippen molar-refractivity contribution in [1.82, 2.24) is 14.4 Å². The molecule has 176 valence electrons. The highest BCUT2D eigenvalue weighted by molar-refractivity contribution is 5.95. The summed E-state index contributed by atoms with van der Waals surface area (Å²) in [5, 5.41) is 2.41. The zero-order valence-electron chi connectivity index (χ0n) is 16.9. The van der Waals surface area contributed by atoms with E-state index in [2.05, 4.69) is 15.3 Å². The maximum atomic E-state index is 13.3. The molecule has 5 nitrogen and oxygen atoms in total. The minimum atomic E-state index is -4.73. The van der Waals surface area contributed by atoms with Crippen molar-refractivity contribution in [1.29, 1.82) is 0 Å². The summed E-state index contributed by atoms with van der Waals surface area (Å²) >= 11 is 0. The normalized spacial score (nSPS) is 12.2. The van der Waals surface area contributed by atoms with Gasteiger partial charge in [-0.3, -0.25) is 14.2 Å². The number of hydrogen-bond acceptors (Lipinski definition) is 3. The van der Waals surface area contributed by atoms with Crippen LogP contribution in [0, 0.1) is 5.82 Å². The molecular weight excluding hydrogens is 469 g/mol. The summed E-state index contributed by atoms with van der Waals surface area (Å²) in [6, 6.07) is 8.16. The van der Waals surface area contributed by atoms with E-state index in [0.29, 0.717) is 23.9 Å². The number of benzene rings is 1. The number of halogens is 7. The first-order valence-corrected chi connectivity index (χ1v) is 9.59. The van der Waals surface area contributed by atoms with E-state index < -0.39 is 35.2 Å². The van der Waals surface area contributed by atoms with Crippen LogP contribution in [0.2, 0.25) is 0 Å². The topological polar surface area (TPSA) is 59.3 Å². The molecule has 0 unspecified atom stereocenters. The molecule has 3 aromatic heterocycles. The lowest BCUT2D eigenvalue weighted by atomic mass is 10.1. The molecule has 4 rings (SSSR count). The smallest absolute Gasteiger partial charge is 0.309 e. The second-order valence-corrected chi connectivity index (χ2v) is 7.23. The Morgan fingerprint density at radius 1 is 0.912 bits per heavy atom. The number of amides is 1. The molecule has 1 N–H and O–H groups in total. The van der Waals surface area contributed by atoms with Crippen molar-refractivity contribution in [2.75, 3.05) is 5.32 Å². The van der Waals surface area contributed by atoms with Gasteiger partial charge in [0.15, 0.2) is 5.82 Å². The van der Waals surface area contributed by atoms with Crippen molar-refractivity contribution in [3.8, 4) is 11.4 Å². The third-order valence-electron chi connectivity index (χ3n) is 4.81. The summed E-state index contributed by atoms with van der Waals surface area (Å²) in [4.78, 5) is 20.5. The fourth-order valence-electron chi connectivity index (χ4n) is 3.24. The van der Waals surface area contributed by atoms with Crippen molar-refractivity contribution in [2.45, 2.75) is 18.8 Å². The first-order chi connectivity index (χ1) is 15.9. The molecule has 0 aliphatic carbocycles. The Morgan fingerprint density at radius 2 is 1.59 bits per heavy atom. The van der Waals surface area contributed by atoms with Crippen LogP contribution in [-0.2, 0) is 23.6 Å². The van der Waals surface area contributed by atoms with Crippen LogP contribution in [0.5, 0.6) is 0 Å². The van der Waals surface area contributed by atoms with Gasteiger partial charge in [-0.1, -0.05) is 12.1 Å². The highest BCUT2D eigenvalue weighted by Gasteiger charge is 2.33. The summed E-state index contributed by atoms with van der Waals surface area (Å²) < 4.78 is 93.5. The first-order valence-electron chi connectivity index (χ1n) is 9.59. The molecule has 0 saturated carbocycles. The zero-order chi connectivity index (χ0) is 24.7. The predicted molar refractivity (Wildman–Crippen MR) is 107 cm³/mol. The van der Waals surface area contributed by atoms with Gasteiger partial charge in [-0.15, -0.1) is 0 Å². The number of imidazole rings is 1. The Bertz CT molecular complexity index is 1360. The van der Waals surface area contributed by atoms with Gasteiger partial charge in [-0.25, -0.2) is 9.37 Å². The summed E-state index contributed by atoms with van der Waals surface area (Å²) in [5.41, 5.74) is -2.39. The highest BCUT2D eigenvalue weighted by atomic mass is 19.4. The molecular formula is C22H13F7N4O. The summed E-state index contributed by atoms with van der Waals surface area (Å²) in [6.45, 7) is 0. The molecule has 0 aliphatic heterocycles. The molecule has 1 amide bonds. The summed E-state index contributed by atoms with van der Waals surface area (Å²) in [7, 11) is 0. The van der Waals surface area contributed by atoms with Crippen molar-refractivity contribution >= 4 is 17.4 Å². The van der Waals surface area contributed by atoms with Crippen LogP contribution in [0.4, 0.5) is 36.6 Å². The fraction of sp³-hybridized carbons (Fsp3) is 0.136. The van der Waals surface area contributed by atoms with Crippen LogP contribution >= 0.6 is 0 Å². The van der Waals surface area contributed by atoms with Gasteiger partial charge in [-0.05, 0) is 42.0 Å². The number of carbonyl (C=O) groups is 1. The van der Waals surface area contributed by atoms with E-state index in [1.54, 1.807) is 0 Å². The number of alkyl halides is 6. The molecule has 12 heteroatoms. The Labute approximate surface area is 186 Å². The van der Waals surface area contributed by atoms with Gasteiger partial charge in [0.25, 0.3) is 0 Å². The van der Waals surface area contributed by atoms with Crippen LogP contribution in [0.1, 0.15) is 16.7 Å². The number of nitrogens with zero attached hydrogens (tertiary/aromatic N) is 3. The lowest BCUT2D eigenvalue weighted by molar-refractivity contribution is -0.138. The number of pyridine rings is 2. The largest absolute Gasteiger partial charge is 0.417 e. The molecule has 4 aromatic rings. The molecule has 0 radical (unpaired) electrons. The van der Waals surface area contributed by atoms with Gasteiger partial charge in [0.2, 0.25) is 5.91 Å². The number of aromatic nitrogens is 3.